The summed E-state index contributed by atoms with van der Waals surface area (Å²) in [7, 11) is -3.67. The first kappa shape index (κ1) is 21.8. The fraction of sp³-hybridized carbons (Fsp3) is 0.409. The number of nitrogens with zero attached hydrogens (tertiary/aromatic N) is 1. The van der Waals surface area contributed by atoms with Gasteiger partial charge in [-0.05, 0) is 69.0 Å². The van der Waals surface area contributed by atoms with E-state index in [-0.39, 0.29) is 23.3 Å². The quantitative estimate of drug-likeness (QED) is 0.732. The molecule has 156 valence electrons. The van der Waals surface area contributed by atoms with Crippen molar-refractivity contribution in [2.24, 2.45) is 0 Å². The van der Waals surface area contributed by atoms with E-state index in [4.69, 9.17) is 11.6 Å². The first-order valence-corrected chi connectivity index (χ1v) is 11.7. The Bertz CT molecular complexity index is 980. The number of hydrogen-bond acceptors (Lipinski definition) is 3. The van der Waals surface area contributed by atoms with Gasteiger partial charge in [-0.15, -0.1) is 0 Å². The standard InChI is InChI=1S/C22H27ClN2O3S/c1-15-12-16(2)22(17(3)13-15)24-21(26)14-19-6-4-5-11-25(19)29(27,28)20-9-7-18(23)8-10-20/h7-10,12-13,19H,4-6,11,14H2,1-3H3,(H,24,26)/t19-/m1/s1. The van der Waals surface area contributed by atoms with Crippen molar-refractivity contribution < 1.29 is 13.2 Å². The van der Waals surface area contributed by atoms with Crippen LogP contribution in [0.3, 0.4) is 0 Å². The zero-order chi connectivity index (χ0) is 21.2. The molecule has 2 aromatic carbocycles. The molecular weight excluding hydrogens is 408 g/mol. The molecule has 1 heterocycles. The first-order chi connectivity index (χ1) is 13.7. The molecule has 3 rings (SSSR count). The predicted octanol–water partition coefficient (Wildman–Crippen LogP) is 4.84. The molecule has 0 aliphatic carbocycles. The van der Waals surface area contributed by atoms with E-state index in [9.17, 15) is 13.2 Å². The summed E-state index contributed by atoms with van der Waals surface area (Å²) in [5.74, 6) is -0.164. The summed E-state index contributed by atoms with van der Waals surface area (Å²) in [5, 5.41) is 3.48. The Morgan fingerprint density at radius 2 is 1.72 bits per heavy atom. The molecule has 1 amide bonds. The van der Waals surface area contributed by atoms with Crippen LogP contribution >= 0.6 is 11.6 Å². The molecule has 0 bridgehead atoms. The van der Waals surface area contributed by atoms with E-state index in [1.165, 1.54) is 16.4 Å². The SMILES string of the molecule is Cc1cc(C)c(NC(=O)C[C@H]2CCCCN2S(=O)(=O)c2ccc(Cl)cc2)c(C)c1. The van der Waals surface area contributed by atoms with Crippen LogP contribution in [0.2, 0.25) is 5.02 Å². The molecule has 1 aliphatic heterocycles. The second kappa shape index (κ2) is 8.86. The van der Waals surface area contributed by atoms with Gasteiger partial charge in [-0.1, -0.05) is 35.7 Å². The molecule has 1 N–H and O–H groups in total. The van der Waals surface area contributed by atoms with Crippen molar-refractivity contribution in [3.05, 3.63) is 58.1 Å². The minimum absolute atomic E-state index is 0.138. The van der Waals surface area contributed by atoms with Gasteiger partial charge in [0.05, 0.1) is 4.90 Å². The summed E-state index contributed by atoms with van der Waals surface area (Å²) in [5.41, 5.74) is 3.96. The molecule has 1 fully saturated rings. The number of carbonyl (C=O) groups excluding carboxylic acids is 1. The molecular formula is C22H27ClN2O3S. The summed E-state index contributed by atoms with van der Waals surface area (Å²) in [6.07, 6.45) is 2.51. The Labute approximate surface area is 178 Å². The molecule has 29 heavy (non-hydrogen) atoms. The highest BCUT2D eigenvalue weighted by Gasteiger charge is 2.34. The van der Waals surface area contributed by atoms with Crippen LogP contribution in [0.1, 0.15) is 42.4 Å². The number of aryl methyl sites for hydroxylation is 3. The lowest BCUT2D eigenvalue weighted by molar-refractivity contribution is -0.117. The monoisotopic (exact) mass is 434 g/mol. The minimum atomic E-state index is -3.67. The fourth-order valence-electron chi connectivity index (χ4n) is 4.02. The first-order valence-electron chi connectivity index (χ1n) is 9.83. The molecule has 7 heteroatoms. The van der Waals surface area contributed by atoms with Gasteiger partial charge >= 0.3 is 0 Å². The topological polar surface area (TPSA) is 66.5 Å². The molecule has 0 spiro atoms. The van der Waals surface area contributed by atoms with Gasteiger partial charge < -0.3 is 5.32 Å². The smallest absolute Gasteiger partial charge is 0.243 e. The zero-order valence-corrected chi connectivity index (χ0v) is 18.6. The summed E-state index contributed by atoms with van der Waals surface area (Å²) in [6, 6.07) is 9.88. The molecule has 5 nitrogen and oxygen atoms in total. The predicted molar refractivity (Wildman–Crippen MR) is 117 cm³/mol. The third-order valence-electron chi connectivity index (χ3n) is 5.36. The third-order valence-corrected chi connectivity index (χ3v) is 7.57. The average Bonchev–Trinajstić information content (AvgIpc) is 2.65. The highest BCUT2D eigenvalue weighted by Crippen LogP contribution is 2.29. The molecule has 0 saturated carbocycles. The lowest BCUT2D eigenvalue weighted by atomic mass is 10.0. The minimum Gasteiger partial charge on any atom is -0.326 e. The van der Waals surface area contributed by atoms with E-state index in [1.807, 2.05) is 32.9 Å². The molecule has 1 saturated heterocycles. The number of amides is 1. The number of piperidine rings is 1. The van der Waals surface area contributed by atoms with Crippen LogP contribution in [-0.4, -0.2) is 31.2 Å². The number of halogens is 1. The summed E-state index contributed by atoms with van der Waals surface area (Å²) in [6.45, 7) is 6.37. The van der Waals surface area contributed by atoms with Crippen LogP contribution in [0.5, 0.6) is 0 Å². The molecule has 2 aromatic rings. The Morgan fingerprint density at radius 1 is 1.10 bits per heavy atom. The van der Waals surface area contributed by atoms with Gasteiger partial charge in [0.15, 0.2) is 0 Å². The number of rotatable bonds is 5. The van der Waals surface area contributed by atoms with Crippen molar-refractivity contribution in [3.8, 4) is 0 Å². The Hall–Kier alpha value is -1.89. The maximum atomic E-state index is 13.1. The van der Waals surface area contributed by atoms with Crippen molar-refractivity contribution in [1.82, 2.24) is 4.31 Å². The maximum Gasteiger partial charge on any atom is 0.243 e. The number of sulfonamides is 1. The maximum absolute atomic E-state index is 13.1. The summed E-state index contributed by atoms with van der Waals surface area (Å²) < 4.78 is 27.8. The van der Waals surface area contributed by atoms with Crippen LogP contribution in [0.4, 0.5) is 5.69 Å². The summed E-state index contributed by atoms with van der Waals surface area (Å²) >= 11 is 5.90. The molecule has 1 atom stereocenters. The van der Waals surface area contributed by atoms with Gasteiger partial charge in [-0.2, -0.15) is 4.31 Å². The van der Waals surface area contributed by atoms with E-state index in [2.05, 4.69) is 5.32 Å². The van der Waals surface area contributed by atoms with Gasteiger partial charge in [-0.25, -0.2) is 8.42 Å². The van der Waals surface area contributed by atoms with E-state index < -0.39 is 10.0 Å². The largest absolute Gasteiger partial charge is 0.326 e. The lowest BCUT2D eigenvalue weighted by Crippen LogP contribution is -2.45. The molecule has 1 aliphatic rings. The Morgan fingerprint density at radius 3 is 2.34 bits per heavy atom. The van der Waals surface area contributed by atoms with E-state index in [0.717, 1.165) is 35.2 Å². The normalized spacial score (nSPS) is 17.9. The van der Waals surface area contributed by atoms with Crippen molar-refractivity contribution in [2.75, 3.05) is 11.9 Å². The zero-order valence-electron chi connectivity index (χ0n) is 17.0. The number of benzene rings is 2. The van der Waals surface area contributed by atoms with Crippen molar-refractivity contribution in [1.29, 1.82) is 0 Å². The Kier molecular flexibility index (Phi) is 6.66. The highest BCUT2D eigenvalue weighted by atomic mass is 35.5. The second-order valence-corrected chi connectivity index (χ2v) is 10.1. The van der Waals surface area contributed by atoms with E-state index >= 15 is 0 Å². The number of carbonyl (C=O) groups is 1. The highest BCUT2D eigenvalue weighted by molar-refractivity contribution is 7.89. The third kappa shape index (κ3) is 5.00. The molecule has 0 aromatic heterocycles. The van der Waals surface area contributed by atoms with Crippen LogP contribution in [0.15, 0.2) is 41.3 Å². The molecule has 0 unspecified atom stereocenters. The van der Waals surface area contributed by atoms with E-state index in [0.29, 0.717) is 18.0 Å². The number of nitrogens with one attached hydrogen (secondary N) is 1. The lowest BCUT2D eigenvalue weighted by Gasteiger charge is -2.34. The summed E-state index contributed by atoms with van der Waals surface area (Å²) in [4.78, 5) is 13.0. The van der Waals surface area contributed by atoms with Crippen LogP contribution < -0.4 is 5.32 Å². The van der Waals surface area contributed by atoms with Gasteiger partial charge in [-0.3, -0.25) is 4.79 Å². The van der Waals surface area contributed by atoms with Gasteiger partial charge in [0.25, 0.3) is 0 Å². The van der Waals surface area contributed by atoms with Gasteiger partial charge in [0.2, 0.25) is 15.9 Å². The van der Waals surface area contributed by atoms with Gasteiger partial charge in [0, 0.05) is 29.7 Å². The molecule has 0 radical (unpaired) electrons. The van der Waals surface area contributed by atoms with Crippen LogP contribution in [0, 0.1) is 20.8 Å². The van der Waals surface area contributed by atoms with Crippen molar-refractivity contribution in [2.45, 2.75) is 57.4 Å². The number of anilines is 1. The number of hydrogen-bond donors (Lipinski definition) is 1. The Balaban J connectivity index is 1.78. The van der Waals surface area contributed by atoms with Crippen molar-refractivity contribution in [3.63, 3.8) is 0 Å². The van der Waals surface area contributed by atoms with Crippen molar-refractivity contribution >= 4 is 33.2 Å². The van der Waals surface area contributed by atoms with Gasteiger partial charge in [0.1, 0.15) is 0 Å². The van der Waals surface area contributed by atoms with E-state index in [1.54, 1.807) is 12.1 Å². The second-order valence-electron chi connectivity index (χ2n) is 7.75. The van der Waals surface area contributed by atoms with Crippen LogP contribution in [0.25, 0.3) is 0 Å². The van der Waals surface area contributed by atoms with Crippen LogP contribution in [-0.2, 0) is 14.8 Å². The fourth-order valence-corrected chi connectivity index (χ4v) is 5.84. The average molecular weight is 435 g/mol.